The van der Waals surface area contributed by atoms with Crippen molar-refractivity contribution < 1.29 is 45.3 Å². The predicted molar refractivity (Wildman–Crippen MR) is 124 cm³/mol. The van der Waals surface area contributed by atoms with Crippen molar-refractivity contribution in [2.45, 2.75) is 24.6 Å². The van der Waals surface area contributed by atoms with Crippen LogP contribution >= 0.6 is 0 Å². The Kier molecular flexibility index (Phi) is 9.03. The molecule has 1 aliphatic rings. The molecule has 3 rings (SSSR count). The van der Waals surface area contributed by atoms with Crippen molar-refractivity contribution in [1.82, 2.24) is 0 Å². The lowest BCUT2D eigenvalue weighted by Gasteiger charge is -2.30. The van der Waals surface area contributed by atoms with Crippen molar-refractivity contribution in [2.24, 2.45) is 11.8 Å². The molecule has 0 aromatic heterocycles. The van der Waals surface area contributed by atoms with Crippen molar-refractivity contribution in [3.63, 3.8) is 0 Å². The molecule has 1 fully saturated rings. The number of sulfonamides is 1. The lowest BCUT2D eigenvalue weighted by Crippen LogP contribution is -2.38. The second-order valence-corrected chi connectivity index (χ2v) is 9.60. The fourth-order valence-electron chi connectivity index (χ4n) is 3.80. The molecule has 0 spiro atoms. The van der Waals surface area contributed by atoms with Crippen LogP contribution in [0.1, 0.15) is 13.3 Å². The number of methoxy groups -OCH3 is 1. The Hall–Kier alpha value is -3.03. The first kappa shape index (κ1) is 27.6. The average molecular weight is 533 g/mol. The van der Waals surface area contributed by atoms with Gasteiger partial charge in [-0.1, -0.05) is 6.07 Å². The van der Waals surface area contributed by atoms with E-state index in [0.29, 0.717) is 31.9 Å². The Bertz CT molecular complexity index is 1160. The second kappa shape index (κ2) is 11.8. The molecule has 1 amide bonds. The number of alkyl halides is 3. The van der Waals surface area contributed by atoms with Gasteiger partial charge in [-0.15, -0.1) is 13.2 Å². The van der Waals surface area contributed by atoms with E-state index in [1.165, 1.54) is 30.3 Å². The molecule has 1 heterocycles. The highest BCUT2D eigenvalue weighted by Gasteiger charge is 2.33. The number of hydrogen-bond donors (Lipinski definition) is 2. The highest BCUT2D eigenvalue weighted by molar-refractivity contribution is 7.92. The molecule has 2 aromatic rings. The largest absolute Gasteiger partial charge is 0.573 e. The highest BCUT2D eigenvalue weighted by atomic mass is 32.2. The lowest BCUT2D eigenvalue weighted by molar-refractivity contribution is -0.274. The summed E-state index contributed by atoms with van der Waals surface area (Å²) >= 11 is 0. The van der Waals surface area contributed by atoms with Gasteiger partial charge in [0.05, 0.1) is 25.5 Å². The Labute approximate surface area is 206 Å². The Morgan fingerprint density at radius 1 is 1.17 bits per heavy atom. The molecule has 13 heteroatoms. The van der Waals surface area contributed by atoms with Crippen molar-refractivity contribution in [3.8, 4) is 11.5 Å². The number of carbonyl (C=O) groups excluding carboxylic acids is 1. The van der Waals surface area contributed by atoms with Crippen molar-refractivity contribution in [2.75, 3.05) is 43.6 Å². The summed E-state index contributed by atoms with van der Waals surface area (Å²) < 4.78 is 85.7. The maximum Gasteiger partial charge on any atom is 0.573 e. The molecule has 0 radical (unpaired) electrons. The minimum Gasteiger partial charge on any atom is -0.492 e. The van der Waals surface area contributed by atoms with E-state index in [9.17, 15) is 26.4 Å². The summed E-state index contributed by atoms with van der Waals surface area (Å²) in [5.41, 5.74) is 0.186. The molecule has 1 saturated heterocycles. The SMILES string of the molecule is CCOc1cc(NC(=O)[C@H]2CCOC[C@H]2COC)ccc1S(=O)(=O)Nc1cccc(OC(F)(F)F)c1. The van der Waals surface area contributed by atoms with Gasteiger partial charge in [0, 0.05) is 43.4 Å². The van der Waals surface area contributed by atoms with Crippen LogP contribution in [0.25, 0.3) is 0 Å². The minimum absolute atomic E-state index is 0.0362. The molecule has 0 bridgehead atoms. The molecule has 0 saturated carbocycles. The number of anilines is 2. The van der Waals surface area contributed by atoms with Crippen LogP contribution in [0, 0.1) is 11.8 Å². The number of nitrogens with one attached hydrogen (secondary N) is 2. The summed E-state index contributed by atoms with van der Waals surface area (Å²) in [6.07, 6.45) is -4.40. The minimum atomic E-state index is -4.92. The van der Waals surface area contributed by atoms with E-state index in [-0.39, 0.29) is 40.7 Å². The molecule has 198 valence electrons. The quantitative estimate of drug-likeness (QED) is 0.475. The summed E-state index contributed by atoms with van der Waals surface area (Å²) in [5, 5.41) is 2.79. The first-order chi connectivity index (χ1) is 17.0. The van der Waals surface area contributed by atoms with Crippen LogP contribution < -0.4 is 19.5 Å². The van der Waals surface area contributed by atoms with Gasteiger partial charge in [0.2, 0.25) is 5.91 Å². The van der Waals surface area contributed by atoms with E-state index in [1.54, 1.807) is 14.0 Å². The number of hydrogen-bond acceptors (Lipinski definition) is 7. The van der Waals surface area contributed by atoms with Gasteiger partial charge in [0.1, 0.15) is 16.4 Å². The second-order valence-electron chi connectivity index (χ2n) is 7.95. The van der Waals surface area contributed by atoms with Crippen LogP contribution in [0.2, 0.25) is 0 Å². The van der Waals surface area contributed by atoms with Crippen LogP contribution in [-0.4, -0.2) is 54.2 Å². The normalized spacial score (nSPS) is 18.4. The Morgan fingerprint density at radius 2 is 1.94 bits per heavy atom. The molecule has 2 atom stereocenters. The standard InChI is InChI=1S/C23H27F3N2O7S/c1-3-34-20-12-16(27-22(29)19-9-10-33-14-15(19)13-32-2)7-8-21(20)36(30,31)28-17-5-4-6-18(11-17)35-23(24,25)26/h4-8,11-12,15,19,28H,3,9-10,13-14H2,1-2H3,(H,27,29)/t15-,19+/m1/s1. The van der Waals surface area contributed by atoms with Gasteiger partial charge in [-0.05, 0) is 37.6 Å². The van der Waals surface area contributed by atoms with Gasteiger partial charge in [0.15, 0.2) is 0 Å². The molecular formula is C23H27F3N2O7S. The zero-order chi connectivity index (χ0) is 26.3. The summed E-state index contributed by atoms with van der Waals surface area (Å²) in [4.78, 5) is 12.6. The molecule has 2 N–H and O–H groups in total. The Balaban J connectivity index is 1.80. The van der Waals surface area contributed by atoms with Crippen LogP contribution in [-0.2, 0) is 24.3 Å². The van der Waals surface area contributed by atoms with Gasteiger partial charge in [0.25, 0.3) is 10.0 Å². The number of halogens is 3. The van der Waals surface area contributed by atoms with E-state index in [0.717, 1.165) is 12.1 Å². The van der Waals surface area contributed by atoms with Gasteiger partial charge in [-0.2, -0.15) is 0 Å². The van der Waals surface area contributed by atoms with Crippen LogP contribution in [0.3, 0.4) is 0 Å². The number of amides is 1. The topological polar surface area (TPSA) is 112 Å². The summed E-state index contributed by atoms with van der Waals surface area (Å²) in [5.74, 6) is -1.32. The average Bonchev–Trinajstić information content (AvgIpc) is 2.78. The van der Waals surface area contributed by atoms with E-state index < -0.39 is 22.1 Å². The van der Waals surface area contributed by atoms with Crippen molar-refractivity contribution in [3.05, 3.63) is 42.5 Å². The van der Waals surface area contributed by atoms with Crippen molar-refractivity contribution in [1.29, 1.82) is 0 Å². The maximum atomic E-state index is 13.0. The van der Waals surface area contributed by atoms with E-state index >= 15 is 0 Å². The van der Waals surface area contributed by atoms with Crippen LogP contribution in [0.4, 0.5) is 24.5 Å². The summed E-state index contributed by atoms with van der Waals surface area (Å²) in [6.45, 7) is 2.99. The fourth-order valence-corrected chi connectivity index (χ4v) is 4.98. The Morgan fingerprint density at radius 3 is 2.64 bits per heavy atom. The smallest absolute Gasteiger partial charge is 0.492 e. The number of carbonyl (C=O) groups is 1. The third-order valence-corrected chi connectivity index (χ3v) is 6.73. The third kappa shape index (κ3) is 7.48. The number of ether oxygens (including phenoxy) is 4. The van der Waals surface area contributed by atoms with E-state index in [2.05, 4.69) is 14.8 Å². The maximum absolute atomic E-state index is 13.0. The van der Waals surface area contributed by atoms with Crippen LogP contribution in [0.5, 0.6) is 11.5 Å². The first-order valence-corrected chi connectivity index (χ1v) is 12.5. The summed E-state index contributed by atoms with van der Waals surface area (Å²) in [6, 6.07) is 8.48. The van der Waals surface area contributed by atoms with E-state index in [1.807, 2.05) is 0 Å². The first-order valence-electron chi connectivity index (χ1n) is 11.1. The summed E-state index contributed by atoms with van der Waals surface area (Å²) in [7, 11) is -2.72. The molecule has 0 aliphatic carbocycles. The van der Waals surface area contributed by atoms with Gasteiger partial charge < -0.3 is 24.3 Å². The third-order valence-electron chi connectivity index (χ3n) is 5.31. The van der Waals surface area contributed by atoms with Gasteiger partial charge in [-0.3, -0.25) is 9.52 Å². The zero-order valence-electron chi connectivity index (χ0n) is 19.6. The van der Waals surface area contributed by atoms with E-state index in [4.69, 9.17) is 14.2 Å². The molecule has 2 aromatic carbocycles. The lowest BCUT2D eigenvalue weighted by atomic mass is 9.88. The van der Waals surface area contributed by atoms with Gasteiger partial charge >= 0.3 is 6.36 Å². The van der Waals surface area contributed by atoms with Crippen LogP contribution in [0.15, 0.2) is 47.4 Å². The molecule has 0 unspecified atom stereocenters. The monoisotopic (exact) mass is 532 g/mol. The molecule has 1 aliphatic heterocycles. The fraction of sp³-hybridized carbons (Fsp3) is 0.435. The van der Waals surface area contributed by atoms with Crippen molar-refractivity contribution >= 4 is 27.3 Å². The number of rotatable bonds is 10. The predicted octanol–water partition coefficient (Wildman–Crippen LogP) is 4.02. The highest BCUT2D eigenvalue weighted by Crippen LogP contribution is 2.32. The zero-order valence-corrected chi connectivity index (χ0v) is 20.4. The number of benzene rings is 2. The molecular weight excluding hydrogens is 505 g/mol. The molecule has 36 heavy (non-hydrogen) atoms. The van der Waals surface area contributed by atoms with Gasteiger partial charge in [-0.25, -0.2) is 8.42 Å². The molecule has 9 nitrogen and oxygen atoms in total.